The predicted octanol–water partition coefficient (Wildman–Crippen LogP) is 3.96. The van der Waals surface area contributed by atoms with Gasteiger partial charge in [-0.25, -0.2) is 0 Å². The van der Waals surface area contributed by atoms with Crippen molar-refractivity contribution in [2.75, 3.05) is 13.1 Å². The fourth-order valence-electron chi connectivity index (χ4n) is 4.83. The Balaban J connectivity index is 1.24. The summed E-state index contributed by atoms with van der Waals surface area (Å²) in [5.41, 5.74) is 0.734. The van der Waals surface area contributed by atoms with Gasteiger partial charge in [0.05, 0.1) is 11.7 Å². The van der Waals surface area contributed by atoms with Crippen molar-refractivity contribution in [2.24, 2.45) is 11.3 Å². The molecule has 1 N–H and O–H groups in total. The third-order valence-electron chi connectivity index (χ3n) is 6.53. The number of aryl methyl sites for hydroxylation is 1. The van der Waals surface area contributed by atoms with E-state index >= 15 is 0 Å². The van der Waals surface area contributed by atoms with E-state index in [1.54, 1.807) is 0 Å². The van der Waals surface area contributed by atoms with Gasteiger partial charge in [-0.05, 0) is 70.1 Å². The molecule has 2 aliphatic carbocycles. The second-order valence-corrected chi connectivity index (χ2v) is 9.43. The molecule has 1 aromatic rings. The number of ether oxygens (including phenoxy) is 1. The fourth-order valence-corrected chi connectivity index (χ4v) is 5.00. The molecular weight excluding hydrogens is 350 g/mol. The molecule has 1 spiro atoms. The quantitative estimate of drug-likeness (QED) is 0.867. The summed E-state index contributed by atoms with van der Waals surface area (Å²) < 4.78 is 6.12. The second-order valence-electron chi connectivity index (χ2n) is 9.02. The van der Waals surface area contributed by atoms with Crippen molar-refractivity contribution in [3.05, 3.63) is 28.8 Å². The van der Waals surface area contributed by atoms with Crippen LogP contribution in [0.3, 0.4) is 0 Å². The summed E-state index contributed by atoms with van der Waals surface area (Å²) in [4.78, 5) is 14.5. The third-order valence-corrected chi connectivity index (χ3v) is 6.93. The average molecular weight is 378 g/mol. The molecule has 3 fully saturated rings. The molecule has 4 nitrogen and oxygen atoms in total. The summed E-state index contributed by atoms with van der Waals surface area (Å²) in [7, 11) is 0. The van der Waals surface area contributed by atoms with Crippen LogP contribution in [0.5, 0.6) is 5.75 Å². The molecule has 0 bridgehead atoms. The van der Waals surface area contributed by atoms with E-state index in [-0.39, 0.29) is 17.9 Å². The summed E-state index contributed by atoms with van der Waals surface area (Å²) in [6.07, 6.45) is 5.77. The molecule has 5 heteroatoms. The number of aliphatic hydroxyl groups is 1. The van der Waals surface area contributed by atoms with Crippen LogP contribution in [0.15, 0.2) is 18.2 Å². The van der Waals surface area contributed by atoms with Crippen molar-refractivity contribution in [2.45, 2.75) is 64.1 Å². The number of halogens is 1. The van der Waals surface area contributed by atoms with Crippen LogP contribution < -0.4 is 4.74 Å². The Morgan fingerprint density at radius 2 is 1.92 bits per heavy atom. The highest BCUT2D eigenvalue weighted by Gasteiger charge is 2.51. The highest BCUT2D eigenvalue weighted by atomic mass is 35.5. The first-order valence-electron chi connectivity index (χ1n) is 9.69. The lowest BCUT2D eigenvalue weighted by Crippen LogP contribution is -2.63. The molecule has 1 saturated heterocycles. The minimum atomic E-state index is -0.628. The van der Waals surface area contributed by atoms with E-state index in [4.69, 9.17) is 16.3 Å². The number of carbonyl (C=O) groups excluding carboxylic acids is 1. The Labute approximate surface area is 160 Å². The van der Waals surface area contributed by atoms with Crippen LogP contribution in [0.1, 0.15) is 51.0 Å². The maximum Gasteiger partial charge on any atom is 0.225 e. The minimum Gasteiger partial charge on any atom is -0.490 e. The molecule has 3 aliphatic rings. The van der Waals surface area contributed by atoms with Gasteiger partial charge < -0.3 is 14.7 Å². The first kappa shape index (κ1) is 18.1. The van der Waals surface area contributed by atoms with Crippen molar-refractivity contribution >= 4 is 17.5 Å². The number of hydrogen-bond donors (Lipinski definition) is 1. The molecule has 142 valence electrons. The number of amides is 1. The second kappa shape index (κ2) is 6.42. The summed E-state index contributed by atoms with van der Waals surface area (Å²) in [5, 5.41) is 10.6. The Kier molecular flexibility index (Phi) is 4.47. The number of nitrogens with zero attached hydrogens (tertiary/aromatic N) is 1. The van der Waals surface area contributed by atoms with Gasteiger partial charge in [-0.15, -0.1) is 0 Å². The van der Waals surface area contributed by atoms with E-state index in [0.717, 1.165) is 55.1 Å². The predicted molar refractivity (Wildman–Crippen MR) is 101 cm³/mol. The number of benzene rings is 1. The lowest BCUT2D eigenvalue weighted by Gasteiger charge is -2.55. The number of likely N-dealkylation sites (tertiary alicyclic amines) is 1. The Hall–Kier alpha value is -1.26. The number of hydrogen-bond acceptors (Lipinski definition) is 3. The van der Waals surface area contributed by atoms with Crippen molar-refractivity contribution in [3.8, 4) is 5.75 Å². The zero-order valence-electron chi connectivity index (χ0n) is 15.6. The highest BCUT2D eigenvalue weighted by Crippen LogP contribution is 2.47. The molecule has 0 aromatic heterocycles. The van der Waals surface area contributed by atoms with Gasteiger partial charge in [-0.3, -0.25) is 4.79 Å². The Morgan fingerprint density at radius 1 is 1.27 bits per heavy atom. The van der Waals surface area contributed by atoms with Gasteiger partial charge in [0, 0.05) is 29.4 Å². The summed E-state index contributed by atoms with van der Waals surface area (Å²) in [6, 6.07) is 5.89. The molecule has 1 aromatic carbocycles. The van der Waals surface area contributed by atoms with E-state index in [0.29, 0.717) is 18.3 Å². The lowest BCUT2D eigenvalue weighted by molar-refractivity contribution is -0.164. The molecule has 0 radical (unpaired) electrons. The molecule has 1 aliphatic heterocycles. The molecule has 0 atom stereocenters. The van der Waals surface area contributed by atoms with E-state index in [1.165, 1.54) is 0 Å². The largest absolute Gasteiger partial charge is 0.490 e. The van der Waals surface area contributed by atoms with Gasteiger partial charge in [0.2, 0.25) is 5.91 Å². The Morgan fingerprint density at radius 3 is 2.50 bits per heavy atom. The van der Waals surface area contributed by atoms with Crippen LogP contribution in [0, 0.1) is 18.3 Å². The van der Waals surface area contributed by atoms with Gasteiger partial charge in [0.25, 0.3) is 0 Å². The van der Waals surface area contributed by atoms with Gasteiger partial charge in [0.15, 0.2) is 0 Å². The maximum absolute atomic E-state index is 12.5. The van der Waals surface area contributed by atoms with Crippen molar-refractivity contribution < 1.29 is 14.6 Å². The van der Waals surface area contributed by atoms with Crippen LogP contribution >= 0.6 is 11.6 Å². The SMILES string of the molecule is Cc1ccc(OC2CCC3(CC2)CN(C(=O)C2CC(C)(O)C2)C3)cc1Cl. The monoisotopic (exact) mass is 377 g/mol. The van der Waals surface area contributed by atoms with Crippen LogP contribution in [-0.2, 0) is 4.79 Å². The molecule has 1 heterocycles. The lowest BCUT2D eigenvalue weighted by atomic mass is 9.66. The van der Waals surface area contributed by atoms with Crippen LogP contribution in [0.2, 0.25) is 5.02 Å². The minimum absolute atomic E-state index is 0.0355. The zero-order chi connectivity index (χ0) is 18.5. The molecular formula is C21H28ClNO3. The summed E-state index contributed by atoms with van der Waals surface area (Å²) in [5.74, 6) is 1.13. The smallest absolute Gasteiger partial charge is 0.225 e. The van der Waals surface area contributed by atoms with Gasteiger partial charge in [-0.2, -0.15) is 0 Å². The van der Waals surface area contributed by atoms with Crippen molar-refractivity contribution in [1.82, 2.24) is 4.90 Å². The molecule has 1 amide bonds. The molecule has 0 unspecified atom stereocenters. The summed E-state index contributed by atoms with van der Waals surface area (Å²) >= 11 is 6.18. The highest BCUT2D eigenvalue weighted by molar-refractivity contribution is 6.31. The summed E-state index contributed by atoms with van der Waals surface area (Å²) in [6.45, 7) is 5.57. The van der Waals surface area contributed by atoms with Crippen molar-refractivity contribution in [1.29, 1.82) is 0 Å². The standard InChI is InChI=1S/C21H28ClNO3/c1-14-3-4-17(9-18(14)22)26-16-5-7-21(8-6-16)12-23(13-21)19(24)15-10-20(2,25)11-15/h3-4,9,15-16,25H,5-8,10-13H2,1-2H3. The van der Waals surface area contributed by atoms with E-state index in [2.05, 4.69) is 0 Å². The van der Waals surface area contributed by atoms with Crippen LogP contribution in [-0.4, -0.2) is 40.7 Å². The first-order chi connectivity index (χ1) is 12.3. The number of carbonyl (C=O) groups is 1. The van der Waals surface area contributed by atoms with Gasteiger partial charge >= 0.3 is 0 Å². The molecule has 26 heavy (non-hydrogen) atoms. The molecule has 2 saturated carbocycles. The van der Waals surface area contributed by atoms with Gasteiger partial charge in [0.1, 0.15) is 5.75 Å². The van der Waals surface area contributed by atoms with Crippen LogP contribution in [0.4, 0.5) is 0 Å². The zero-order valence-corrected chi connectivity index (χ0v) is 16.4. The maximum atomic E-state index is 12.5. The Bertz CT molecular complexity index is 693. The van der Waals surface area contributed by atoms with Crippen LogP contribution in [0.25, 0.3) is 0 Å². The molecule has 4 rings (SSSR count). The van der Waals surface area contributed by atoms with E-state index in [9.17, 15) is 9.90 Å². The fraction of sp³-hybridized carbons (Fsp3) is 0.667. The third kappa shape index (κ3) is 3.46. The average Bonchev–Trinajstić information content (AvgIpc) is 2.54. The first-order valence-corrected chi connectivity index (χ1v) is 10.1. The van der Waals surface area contributed by atoms with Gasteiger partial charge in [-0.1, -0.05) is 17.7 Å². The van der Waals surface area contributed by atoms with E-state index in [1.807, 2.05) is 36.9 Å². The number of rotatable bonds is 3. The normalized spacial score (nSPS) is 30.6. The topological polar surface area (TPSA) is 49.8 Å². The van der Waals surface area contributed by atoms with Crippen molar-refractivity contribution in [3.63, 3.8) is 0 Å². The van der Waals surface area contributed by atoms with E-state index < -0.39 is 5.60 Å².